The third kappa shape index (κ3) is 2.93. The van der Waals surface area contributed by atoms with Crippen LogP contribution in [0, 0.1) is 0 Å². The number of carbonyl (C=O) groups excluding carboxylic acids is 2. The van der Waals surface area contributed by atoms with Crippen LogP contribution in [0.5, 0.6) is 0 Å². The Balaban J connectivity index is 1.65. The van der Waals surface area contributed by atoms with Gasteiger partial charge >= 0.3 is 0 Å². The Morgan fingerprint density at radius 2 is 1.81 bits per heavy atom. The van der Waals surface area contributed by atoms with Crippen molar-refractivity contribution in [1.29, 1.82) is 0 Å². The molecule has 0 aliphatic heterocycles. The first-order valence-electron chi connectivity index (χ1n) is 8.20. The maximum Gasteiger partial charge on any atom is 0.291 e. The van der Waals surface area contributed by atoms with E-state index in [4.69, 9.17) is 5.73 Å². The maximum absolute atomic E-state index is 12.7. The highest BCUT2D eigenvalue weighted by molar-refractivity contribution is 6.06. The number of hydrogen-bond donors (Lipinski definition) is 3. The van der Waals surface area contributed by atoms with Crippen LogP contribution < -0.4 is 16.6 Å². The van der Waals surface area contributed by atoms with Gasteiger partial charge in [0.2, 0.25) is 5.91 Å². The summed E-state index contributed by atoms with van der Waals surface area (Å²) in [6.45, 7) is -0.294. The molecule has 0 saturated heterocycles. The summed E-state index contributed by atoms with van der Waals surface area (Å²) in [7, 11) is 0. The Hall–Kier alpha value is -3.94. The molecule has 4 rings (SSSR count). The second-order valence-electron chi connectivity index (χ2n) is 6.02. The number of carbonyl (C=O) groups is 2. The molecule has 0 bridgehead atoms. The molecule has 2 aromatic carbocycles. The minimum Gasteiger partial charge on any atom is -0.366 e. The third-order valence-corrected chi connectivity index (χ3v) is 4.28. The second kappa shape index (κ2) is 6.41. The topological polar surface area (TPSA) is 123 Å². The van der Waals surface area contributed by atoms with Crippen LogP contribution in [0.2, 0.25) is 0 Å². The lowest BCUT2D eigenvalue weighted by Gasteiger charge is -2.09. The van der Waals surface area contributed by atoms with Crippen molar-refractivity contribution in [2.75, 3.05) is 5.32 Å². The average Bonchev–Trinajstić information content (AvgIpc) is 3.04. The summed E-state index contributed by atoms with van der Waals surface area (Å²) in [5.41, 5.74) is 6.59. The van der Waals surface area contributed by atoms with Gasteiger partial charge in [-0.15, -0.1) is 0 Å². The van der Waals surface area contributed by atoms with Gasteiger partial charge in [0, 0.05) is 16.3 Å². The molecule has 134 valence electrons. The summed E-state index contributed by atoms with van der Waals surface area (Å²) in [5, 5.41) is 8.29. The van der Waals surface area contributed by atoms with Crippen molar-refractivity contribution in [3.63, 3.8) is 0 Å². The normalized spacial score (nSPS) is 11.0. The van der Waals surface area contributed by atoms with E-state index in [-0.39, 0.29) is 17.8 Å². The first-order chi connectivity index (χ1) is 13.0. The summed E-state index contributed by atoms with van der Waals surface area (Å²) < 4.78 is 1.07. The Bertz CT molecular complexity index is 1260. The Labute approximate surface area is 152 Å². The SMILES string of the molecule is NC(=O)c1ccccc1NC(=O)Cn1ncc2c([nH]c3ccccc32)c1=O. The second-order valence-corrected chi connectivity index (χ2v) is 6.02. The molecular weight excluding hydrogens is 346 g/mol. The number of fused-ring (bicyclic) bond motifs is 3. The highest BCUT2D eigenvalue weighted by Gasteiger charge is 2.14. The molecule has 2 amide bonds. The minimum atomic E-state index is -0.652. The lowest BCUT2D eigenvalue weighted by molar-refractivity contribution is -0.117. The van der Waals surface area contributed by atoms with Gasteiger partial charge < -0.3 is 16.0 Å². The van der Waals surface area contributed by atoms with E-state index in [0.29, 0.717) is 10.9 Å². The average molecular weight is 361 g/mol. The van der Waals surface area contributed by atoms with Crippen molar-refractivity contribution >= 4 is 39.3 Å². The highest BCUT2D eigenvalue weighted by Crippen LogP contribution is 2.21. The summed E-state index contributed by atoms with van der Waals surface area (Å²) in [6, 6.07) is 13.9. The Kier molecular flexibility index (Phi) is 3.92. The predicted octanol–water partition coefficient (Wildman–Crippen LogP) is 1.62. The summed E-state index contributed by atoms with van der Waals surface area (Å²) in [6.07, 6.45) is 1.56. The van der Waals surface area contributed by atoms with E-state index in [1.165, 1.54) is 6.07 Å². The first-order valence-corrected chi connectivity index (χ1v) is 8.20. The number of rotatable bonds is 4. The van der Waals surface area contributed by atoms with Crippen molar-refractivity contribution in [3.8, 4) is 0 Å². The molecule has 0 radical (unpaired) electrons. The predicted molar refractivity (Wildman–Crippen MR) is 101 cm³/mol. The number of aromatic nitrogens is 3. The van der Waals surface area contributed by atoms with Crippen LogP contribution in [0.25, 0.3) is 21.8 Å². The van der Waals surface area contributed by atoms with Gasteiger partial charge in [-0.3, -0.25) is 14.4 Å². The van der Waals surface area contributed by atoms with Crippen LogP contribution >= 0.6 is 0 Å². The first kappa shape index (κ1) is 16.5. The molecule has 27 heavy (non-hydrogen) atoms. The zero-order valence-corrected chi connectivity index (χ0v) is 14.1. The van der Waals surface area contributed by atoms with Crippen LogP contribution in [0.1, 0.15) is 10.4 Å². The van der Waals surface area contributed by atoms with E-state index >= 15 is 0 Å². The number of nitrogens with one attached hydrogen (secondary N) is 2. The van der Waals surface area contributed by atoms with Gasteiger partial charge in [0.1, 0.15) is 12.1 Å². The van der Waals surface area contributed by atoms with Crippen molar-refractivity contribution in [2.45, 2.75) is 6.54 Å². The molecule has 0 saturated carbocycles. The van der Waals surface area contributed by atoms with Crippen molar-refractivity contribution < 1.29 is 9.59 Å². The fraction of sp³-hybridized carbons (Fsp3) is 0.0526. The fourth-order valence-electron chi connectivity index (χ4n) is 3.02. The van der Waals surface area contributed by atoms with Gasteiger partial charge in [-0.25, -0.2) is 4.68 Å². The molecule has 0 aliphatic rings. The lowest BCUT2D eigenvalue weighted by atomic mass is 10.1. The summed E-state index contributed by atoms with van der Waals surface area (Å²) >= 11 is 0. The zero-order valence-electron chi connectivity index (χ0n) is 14.1. The van der Waals surface area contributed by atoms with Crippen LogP contribution in [0.3, 0.4) is 0 Å². The number of H-pyrrole nitrogens is 1. The van der Waals surface area contributed by atoms with E-state index < -0.39 is 17.4 Å². The van der Waals surface area contributed by atoms with E-state index in [1.807, 2.05) is 24.3 Å². The molecule has 8 nitrogen and oxygen atoms in total. The Morgan fingerprint density at radius 1 is 1.07 bits per heavy atom. The van der Waals surface area contributed by atoms with Crippen LogP contribution in [0.15, 0.2) is 59.5 Å². The molecule has 0 unspecified atom stereocenters. The Morgan fingerprint density at radius 3 is 2.63 bits per heavy atom. The molecule has 8 heteroatoms. The number of nitrogens with two attached hydrogens (primary N) is 1. The van der Waals surface area contributed by atoms with E-state index in [9.17, 15) is 14.4 Å². The van der Waals surface area contributed by atoms with Crippen molar-refractivity contribution in [1.82, 2.24) is 14.8 Å². The number of anilines is 1. The van der Waals surface area contributed by atoms with Crippen molar-refractivity contribution in [3.05, 3.63) is 70.6 Å². The van der Waals surface area contributed by atoms with Gasteiger partial charge in [0.25, 0.3) is 11.5 Å². The smallest absolute Gasteiger partial charge is 0.291 e. The fourth-order valence-corrected chi connectivity index (χ4v) is 3.02. The molecular formula is C19H15N5O3. The van der Waals surface area contributed by atoms with Crippen LogP contribution in [0.4, 0.5) is 5.69 Å². The number of primary amides is 1. The molecule has 2 aromatic heterocycles. The molecule has 2 heterocycles. The summed E-state index contributed by atoms with van der Waals surface area (Å²) in [4.78, 5) is 39.5. The number of amides is 2. The number of nitrogens with zero attached hydrogens (tertiary/aromatic N) is 2. The largest absolute Gasteiger partial charge is 0.366 e. The molecule has 0 aliphatic carbocycles. The van der Waals surface area contributed by atoms with E-state index in [0.717, 1.165) is 15.6 Å². The number of aromatic amines is 1. The minimum absolute atomic E-state index is 0.192. The van der Waals surface area contributed by atoms with Crippen LogP contribution in [-0.2, 0) is 11.3 Å². The molecule has 4 N–H and O–H groups in total. The number of hydrogen-bond acceptors (Lipinski definition) is 4. The number of benzene rings is 2. The molecule has 0 fully saturated rings. The number of para-hydroxylation sites is 2. The summed E-state index contributed by atoms with van der Waals surface area (Å²) in [5.74, 6) is -1.14. The van der Waals surface area contributed by atoms with Gasteiger partial charge in [0.05, 0.1) is 17.4 Å². The third-order valence-electron chi connectivity index (χ3n) is 4.28. The monoisotopic (exact) mass is 361 g/mol. The quantitative estimate of drug-likeness (QED) is 0.511. The van der Waals surface area contributed by atoms with Gasteiger partial charge in [0.15, 0.2) is 0 Å². The van der Waals surface area contributed by atoms with E-state index in [2.05, 4.69) is 15.4 Å². The van der Waals surface area contributed by atoms with Gasteiger partial charge in [-0.05, 0) is 18.2 Å². The lowest BCUT2D eigenvalue weighted by Crippen LogP contribution is -2.30. The molecule has 4 aromatic rings. The zero-order chi connectivity index (χ0) is 19.0. The standard InChI is InChI=1S/C19H15N5O3/c20-18(26)12-6-2-4-8-15(12)22-16(25)10-24-19(27)17-13(9-21-24)11-5-1-3-7-14(11)23-17/h1-9,23H,10H2,(H2,20,26)(H,22,25). The van der Waals surface area contributed by atoms with Gasteiger partial charge in [-0.1, -0.05) is 30.3 Å². The van der Waals surface area contributed by atoms with Gasteiger partial charge in [-0.2, -0.15) is 5.10 Å². The highest BCUT2D eigenvalue weighted by atomic mass is 16.2. The molecule has 0 atom stereocenters. The van der Waals surface area contributed by atoms with Crippen LogP contribution in [-0.4, -0.2) is 26.6 Å². The van der Waals surface area contributed by atoms with Crippen molar-refractivity contribution in [2.24, 2.45) is 5.73 Å². The van der Waals surface area contributed by atoms with E-state index in [1.54, 1.807) is 24.4 Å². The maximum atomic E-state index is 12.7. The molecule has 0 spiro atoms.